The molecule has 1 aliphatic carbocycles. The van der Waals surface area contributed by atoms with Crippen LogP contribution in [0, 0.1) is 18.8 Å². The quantitative estimate of drug-likeness (QED) is 0.818. The molecule has 7 nitrogen and oxygen atoms in total. The first-order valence-electron chi connectivity index (χ1n) is 8.34. The summed E-state index contributed by atoms with van der Waals surface area (Å²) in [6, 6.07) is 4.39. The predicted octanol–water partition coefficient (Wildman–Crippen LogP) is 0.629. The monoisotopic (exact) mass is 365 g/mol. The van der Waals surface area contributed by atoms with E-state index in [2.05, 4.69) is 5.32 Å². The van der Waals surface area contributed by atoms with Crippen LogP contribution in [0.1, 0.15) is 35.2 Å². The maximum absolute atomic E-state index is 12.9. The Bertz CT molecular complexity index is 821. The van der Waals surface area contributed by atoms with E-state index < -0.39 is 10.0 Å². The smallest absolute Gasteiger partial charge is 0.254 e. The molecule has 2 fully saturated rings. The van der Waals surface area contributed by atoms with Crippen LogP contribution in [0.5, 0.6) is 0 Å². The Kier molecular flexibility index (Phi) is 4.59. The Balaban J connectivity index is 1.80. The first-order chi connectivity index (χ1) is 11.7. The van der Waals surface area contributed by atoms with E-state index in [-0.39, 0.29) is 22.8 Å². The highest BCUT2D eigenvalue weighted by atomic mass is 32.2. The van der Waals surface area contributed by atoms with Crippen molar-refractivity contribution in [2.45, 2.75) is 37.1 Å². The van der Waals surface area contributed by atoms with E-state index >= 15 is 0 Å². The molecule has 0 spiro atoms. The van der Waals surface area contributed by atoms with Gasteiger partial charge in [-0.3, -0.25) is 9.59 Å². The average Bonchev–Trinajstić information content (AvgIpc) is 2.95. The van der Waals surface area contributed by atoms with E-state index in [0.29, 0.717) is 35.9 Å². The number of nitrogens with zero attached hydrogens (tertiary/aromatic N) is 1. The molecule has 1 saturated carbocycles. The second kappa shape index (κ2) is 6.42. The van der Waals surface area contributed by atoms with E-state index in [1.807, 2.05) is 0 Å². The van der Waals surface area contributed by atoms with Crippen LogP contribution in [0.15, 0.2) is 23.1 Å². The van der Waals surface area contributed by atoms with Gasteiger partial charge in [0, 0.05) is 31.6 Å². The molecule has 3 atom stereocenters. The number of fused-ring (bicyclic) bond motifs is 1. The maximum Gasteiger partial charge on any atom is 0.254 e. The zero-order valence-corrected chi connectivity index (χ0v) is 15.2. The number of carbonyl (C=O) groups is 2. The minimum atomic E-state index is -3.86. The molecule has 0 radical (unpaired) electrons. The number of nitrogens with one attached hydrogen (secondary N) is 1. The number of benzene rings is 1. The molecule has 3 N–H and O–H groups in total. The Labute approximate surface area is 147 Å². The fourth-order valence-corrected chi connectivity index (χ4v) is 4.46. The zero-order valence-electron chi connectivity index (χ0n) is 14.4. The topological polar surface area (TPSA) is 110 Å². The molecule has 1 heterocycles. The summed E-state index contributed by atoms with van der Waals surface area (Å²) < 4.78 is 23.1. The third-order valence-corrected chi connectivity index (χ3v) is 6.37. The molecule has 0 unspecified atom stereocenters. The lowest BCUT2D eigenvalue weighted by molar-refractivity contribution is -0.124. The van der Waals surface area contributed by atoms with Gasteiger partial charge in [-0.25, -0.2) is 13.6 Å². The fourth-order valence-electron chi connectivity index (χ4n) is 3.92. The van der Waals surface area contributed by atoms with Gasteiger partial charge >= 0.3 is 0 Å². The number of primary sulfonamides is 1. The molecule has 8 heteroatoms. The number of hydrogen-bond donors (Lipinski definition) is 2. The molecular weight excluding hydrogens is 342 g/mol. The van der Waals surface area contributed by atoms with E-state index in [1.54, 1.807) is 24.9 Å². The predicted molar refractivity (Wildman–Crippen MR) is 92.3 cm³/mol. The minimum Gasteiger partial charge on any atom is -0.356 e. The highest BCUT2D eigenvalue weighted by Gasteiger charge is 2.40. The molecule has 1 aromatic rings. The summed E-state index contributed by atoms with van der Waals surface area (Å²) in [5, 5.41) is 8.06. The molecule has 136 valence electrons. The van der Waals surface area contributed by atoms with Gasteiger partial charge in [0.1, 0.15) is 0 Å². The third-order valence-electron chi connectivity index (χ3n) is 5.46. The molecule has 1 aromatic carbocycles. The van der Waals surface area contributed by atoms with Crippen LogP contribution >= 0.6 is 0 Å². The van der Waals surface area contributed by atoms with E-state index in [9.17, 15) is 18.0 Å². The molecule has 25 heavy (non-hydrogen) atoms. The number of nitrogens with two attached hydrogens (primary N) is 1. The Morgan fingerprint density at radius 2 is 1.96 bits per heavy atom. The average molecular weight is 365 g/mol. The summed E-state index contributed by atoms with van der Waals surface area (Å²) in [6.07, 6.45) is 2.17. The zero-order chi connectivity index (χ0) is 18.4. The molecule has 2 amide bonds. The van der Waals surface area contributed by atoms with Crippen molar-refractivity contribution in [3.05, 3.63) is 29.3 Å². The number of rotatable bonds is 3. The van der Waals surface area contributed by atoms with Gasteiger partial charge in [-0.2, -0.15) is 0 Å². The van der Waals surface area contributed by atoms with Crippen molar-refractivity contribution in [1.82, 2.24) is 10.2 Å². The summed E-state index contributed by atoms with van der Waals surface area (Å²) in [4.78, 5) is 26.1. The van der Waals surface area contributed by atoms with Gasteiger partial charge in [-0.1, -0.05) is 6.07 Å². The summed E-state index contributed by atoms with van der Waals surface area (Å²) >= 11 is 0. The van der Waals surface area contributed by atoms with Crippen molar-refractivity contribution in [3.63, 3.8) is 0 Å². The van der Waals surface area contributed by atoms with Gasteiger partial charge in [0.15, 0.2) is 0 Å². The summed E-state index contributed by atoms with van der Waals surface area (Å²) in [7, 11) is -2.12. The van der Waals surface area contributed by atoms with E-state index in [4.69, 9.17) is 5.14 Å². The number of carbonyl (C=O) groups excluding carboxylic acids is 2. The van der Waals surface area contributed by atoms with Crippen molar-refractivity contribution >= 4 is 21.8 Å². The Morgan fingerprint density at radius 1 is 1.28 bits per heavy atom. The number of sulfonamides is 1. The van der Waals surface area contributed by atoms with Gasteiger partial charge in [-0.05, 0) is 49.3 Å². The van der Waals surface area contributed by atoms with Crippen molar-refractivity contribution in [2.24, 2.45) is 17.0 Å². The van der Waals surface area contributed by atoms with E-state index in [0.717, 1.165) is 12.8 Å². The normalized spacial score (nSPS) is 26.0. The maximum atomic E-state index is 12.9. The van der Waals surface area contributed by atoms with Gasteiger partial charge in [0.2, 0.25) is 15.9 Å². The lowest BCUT2D eigenvalue weighted by Gasteiger charge is -2.25. The molecule has 3 rings (SSSR count). The molecule has 0 bridgehead atoms. The summed E-state index contributed by atoms with van der Waals surface area (Å²) in [6.45, 7) is 2.44. The van der Waals surface area contributed by atoms with Crippen LogP contribution in [0.25, 0.3) is 0 Å². The van der Waals surface area contributed by atoms with Crippen LogP contribution in [-0.2, 0) is 14.8 Å². The van der Waals surface area contributed by atoms with Crippen molar-refractivity contribution in [2.75, 3.05) is 13.6 Å². The standard InChI is InChI=1S/C17H23N3O4S/c1-10-3-4-14(25(18,23)24)8-15(10)17(22)20(2)13-5-11-7-16(21)19-9-12(11)6-13/h3-4,8,11-13H,5-7,9H2,1-2H3,(H,19,21)(H2,18,23,24)/t11-,12+,13-/m1/s1. The van der Waals surface area contributed by atoms with Gasteiger partial charge in [0.05, 0.1) is 4.90 Å². The second-order valence-electron chi connectivity index (χ2n) is 7.09. The lowest BCUT2D eigenvalue weighted by atomic mass is 9.89. The molecule has 0 aromatic heterocycles. The lowest BCUT2D eigenvalue weighted by Crippen LogP contribution is -2.38. The molecule has 1 saturated heterocycles. The molecule has 1 aliphatic heterocycles. The first kappa shape index (κ1) is 17.9. The third kappa shape index (κ3) is 3.55. The summed E-state index contributed by atoms with van der Waals surface area (Å²) in [5.74, 6) is 0.569. The van der Waals surface area contributed by atoms with Crippen molar-refractivity contribution < 1.29 is 18.0 Å². The minimum absolute atomic E-state index is 0.0488. The van der Waals surface area contributed by atoms with Crippen LogP contribution < -0.4 is 10.5 Å². The van der Waals surface area contributed by atoms with Crippen LogP contribution in [0.2, 0.25) is 0 Å². The second-order valence-corrected chi connectivity index (χ2v) is 8.65. The first-order valence-corrected chi connectivity index (χ1v) is 9.88. The fraction of sp³-hybridized carbons (Fsp3) is 0.529. The summed E-state index contributed by atoms with van der Waals surface area (Å²) in [5.41, 5.74) is 1.05. The van der Waals surface area contributed by atoms with Crippen LogP contribution in [0.3, 0.4) is 0 Å². The molecular formula is C17H23N3O4S. The SMILES string of the molecule is Cc1ccc(S(N)(=O)=O)cc1C(=O)N(C)[C@H]1C[C@H]2CNC(=O)C[C@H]2C1. The number of piperidine rings is 1. The Morgan fingerprint density at radius 3 is 2.64 bits per heavy atom. The van der Waals surface area contributed by atoms with Gasteiger partial charge in [-0.15, -0.1) is 0 Å². The number of aryl methyl sites for hydroxylation is 1. The van der Waals surface area contributed by atoms with Crippen molar-refractivity contribution in [1.29, 1.82) is 0 Å². The highest BCUT2D eigenvalue weighted by Crippen LogP contribution is 2.38. The van der Waals surface area contributed by atoms with Gasteiger partial charge < -0.3 is 10.2 Å². The number of amides is 2. The van der Waals surface area contributed by atoms with Crippen molar-refractivity contribution in [3.8, 4) is 0 Å². The number of hydrogen-bond acceptors (Lipinski definition) is 4. The highest BCUT2D eigenvalue weighted by molar-refractivity contribution is 7.89. The Hall–Kier alpha value is -1.93. The van der Waals surface area contributed by atoms with Crippen LogP contribution in [-0.4, -0.2) is 44.8 Å². The van der Waals surface area contributed by atoms with Crippen LogP contribution in [0.4, 0.5) is 0 Å². The largest absolute Gasteiger partial charge is 0.356 e. The van der Waals surface area contributed by atoms with E-state index in [1.165, 1.54) is 12.1 Å². The van der Waals surface area contributed by atoms with Gasteiger partial charge in [0.25, 0.3) is 5.91 Å². The molecule has 2 aliphatic rings.